The van der Waals surface area contributed by atoms with Gasteiger partial charge in [-0.3, -0.25) is 14.6 Å². The molecule has 0 aliphatic rings. The molecule has 0 fully saturated rings. The lowest BCUT2D eigenvalue weighted by atomic mass is 10.4. The van der Waals surface area contributed by atoms with E-state index in [-0.39, 0.29) is 11.5 Å². The van der Waals surface area contributed by atoms with Crippen LogP contribution >= 0.6 is 0 Å². The summed E-state index contributed by atoms with van der Waals surface area (Å²) in [5, 5.41) is 0. The Hall–Kier alpha value is -1.85. The summed E-state index contributed by atoms with van der Waals surface area (Å²) in [4.78, 5) is 34.9. The highest BCUT2D eigenvalue weighted by Gasteiger charge is 1.88. The van der Waals surface area contributed by atoms with Gasteiger partial charge in [0, 0.05) is 18.2 Å². The van der Waals surface area contributed by atoms with Crippen molar-refractivity contribution in [1.29, 1.82) is 0 Å². The summed E-state index contributed by atoms with van der Waals surface area (Å²) < 4.78 is 0. The van der Waals surface area contributed by atoms with E-state index in [1.165, 1.54) is 6.20 Å². The van der Waals surface area contributed by atoms with E-state index in [9.17, 15) is 14.4 Å². The highest BCUT2D eigenvalue weighted by atomic mass is 16.2. The second-order valence-electron chi connectivity index (χ2n) is 2.57. The van der Waals surface area contributed by atoms with E-state index in [1.807, 2.05) is 0 Å². The van der Waals surface area contributed by atoms with Crippen LogP contribution in [0.3, 0.4) is 0 Å². The van der Waals surface area contributed by atoms with E-state index in [0.717, 1.165) is 0 Å². The number of rotatable bonds is 1. The van der Waals surface area contributed by atoms with Crippen LogP contribution in [0.4, 0.5) is 0 Å². The Morgan fingerprint density at radius 3 is 2.29 bits per heavy atom. The molecule has 78 valence electrons. The molecule has 6 nitrogen and oxygen atoms in total. The van der Waals surface area contributed by atoms with Gasteiger partial charge >= 0.3 is 5.69 Å². The third kappa shape index (κ3) is 4.91. The first-order valence-corrected chi connectivity index (χ1v) is 4.04. The zero-order valence-electron chi connectivity index (χ0n) is 8.09. The van der Waals surface area contributed by atoms with Crippen molar-refractivity contribution in [3.63, 3.8) is 0 Å². The number of H-pyrrole nitrogens is 2. The average molecular weight is 199 g/mol. The van der Waals surface area contributed by atoms with Gasteiger partial charge < -0.3 is 10.7 Å². The smallest absolute Gasteiger partial charge is 0.325 e. The Morgan fingerprint density at radius 2 is 2.00 bits per heavy atom. The van der Waals surface area contributed by atoms with E-state index in [4.69, 9.17) is 0 Å². The molecular formula is C8H13N3O3. The van der Waals surface area contributed by atoms with Crippen molar-refractivity contribution in [2.24, 2.45) is 5.73 Å². The summed E-state index contributed by atoms with van der Waals surface area (Å²) in [5.41, 5.74) is 4.36. The molecule has 1 aromatic rings. The zero-order valence-corrected chi connectivity index (χ0v) is 8.09. The summed E-state index contributed by atoms with van der Waals surface area (Å²) in [6, 6.07) is 0. The number of aryl methyl sites for hydroxylation is 1. The van der Waals surface area contributed by atoms with Crippen LogP contribution in [0, 0.1) is 6.92 Å². The molecule has 0 aliphatic carbocycles. The minimum absolute atomic E-state index is 0.245. The first kappa shape index (κ1) is 12.2. The molecule has 0 saturated carbocycles. The Balaban J connectivity index is 0.000000292. The van der Waals surface area contributed by atoms with Gasteiger partial charge in [-0.2, -0.15) is 0 Å². The fourth-order valence-electron chi connectivity index (χ4n) is 0.477. The first-order valence-electron chi connectivity index (χ1n) is 4.04. The lowest BCUT2D eigenvalue weighted by Crippen LogP contribution is -2.22. The molecule has 1 heterocycles. The minimum Gasteiger partial charge on any atom is -0.370 e. The third-order valence-corrected chi connectivity index (χ3v) is 1.35. The summed E-state index contributed by atoms with van der Waals surface area (Å²) in [6.45, 7) is 3.34. The molecule has 14 heavy (non-hydrogen) atoms. The predicted molar refractivity (Wildman–Crippen MR) is 51.9 cm³/mol. The number of aromatic nitrogens is 2. The van der Waals surface area contributed by atoms with Gasteiger partial charge in [-0.05, 0) is 6.92 Å². The maximum Gasteiger partial charge on any atom is 0.325 e. The Labute approximate surface area is 80.2 Å². The van der Waals surface area contributed by atoms with Crippen molar-refractivity contribution in [1.82, 2.24) is 9.97 Å². The maximum absolute atomic E-state index is 10.6. The molecule has 0 aliphatic heterocycles. The van der Waals surface area contributed by atoms with Gasteiger partial charge in [-0.25, -0.2) is 4.79 Å². The SMILES string of the molecule is CCC(N)=O.Cc1c[nH]c(=O)[nH]c1=O. The van der Waals surface area contributed by atoms with Crippen LogP contribution < -0.4 is 17.0 Å². The number of nitrogens with two attached hydrogens (primary N) is 1. The average Bonchev–Trinajstić information content (AvgIpc) is 2.13. The monoisotopic (exact) mass is 199 g/mol. The van der Waals surface area contributed by atoms with E-state index in [1.54, 1.807) is 13.8 Å². The zero-order chi connectivity index (χ0) is 11.1. The van der Waals surface area contributed by atoms with Crippen molar-refractivity contribution >= 4 is 5.91 Å². The molecular weight excluding hydrogens is 186 g/mol. The quantitative estimate of drug-likeness (QED) is 0.553. The molecule has 0 saturated heterocycles. The molecule has 0 atom stereocenters. The molecule has 1 rings (SSSR count). The summed E-state index contributed by atoms with van der Waals surface area (Å²) >= 11 is 0. The van der Waals surface area contributed by atoms with Crippen molar-refractivity contribution in [3.05, 3.63) is 32.6 Å². The highest BCUT2D eigenvalue weighted by Crippen LogP contribution is 1.73. The number of carbonyl (C=O) groups is 1. The molecule has 0 spiro atoms. The van der Waals surface area contributed by atoms with E-state index in [0.29, 0.717) is 12.0 Å². The number of hydrogen-bond acceptors (Lipinski definition) is 3. The van der Waals surface area contributed by atoms with Crippen LogP contribution in [0.5, 0.6) is 0 Å². The molecule has 1 aromatic heterocycles. The summed E-state index contributed by atoms with van der Waals surface area (Å²) in [5.74, 6) is -0.245. The standard InChI is InChI=1S/C5H6N2O2.C3H7NO/c1-3-2-6-5(9)7-4(3)8;1-2-3(4)5/h2H,1H3,(H2,6,7,8,9);2H2,1H3,(H2,4,5). The van der Waals surface area contributed by atoms with Crippen LogP contribution in [-0.2, 0) is 4.79 Å². The molecule has 0 bridgehead atoms. The van der Waals surface area contributed by atoms with Crippen LogP contribution in [0.1, 0.15) is 18.9 Å². The molecule has 0 unspecified atom stereocenters. The molecule has 1 amide bonds. The number of carbonyl (C=O) groups excluding carboxylic acids is 1. The number of primary amides is 1. The van der Waals surface area contributed by atoms with Gasteiger partial charge in [-0.15, -0.1) is 0 Å². The van der Waals surface area contributed by atoms with Gasteiger partial charge in [-0.1, -0.05) is 6.92 Å². The predicted octanol–water partition coefficient (Wildman–Crippen LogP) is -0.747. The lowest BCUT2D eigenvalue weighted by molar-refractivity contribution is -0.117. The fraction of sp³-hybridized carbons (Fsp3) is 0.375. The van der Waals surface area contributed by atoms with E-state index < -0.39 is 5.69 Å². The second-order valence-corrected chi connectivity index (χ2v) is 2.57. The van der Waals surface area contributed by atoms with Gasteiger partial charge in [0.25, 0.3) is 5.56 Å². The van der Waals surface area contributed by atoms with Crippen LogP contribution in [-0.4, -0.2) is 15.9 Å². The minimum atomic E-state index is -0.467. The second kappa shape index (κ2) is 5.74. The molecule has 0 radical (unpaired) electrons. The third-order valence-electron chi connectivity index (χ3n) is 1.35. The fourth-order valence-corrected chi connectivity index (χ4v) is 0.477. The van der Waals surface area contributed by atoms with Crippen molar-refractivity contribution in [2.45, 2.75) is 20.3 Å². The van der Waals surface area contributed by atoms with Crippen LogP contribution in [0.2, 0.25) is 0 Å². The lowest BCUT2D eigenvalue weighted by Gasteiger charge is -1.84. The highest BCUT2D eigenvalue weighted by molar-refractivity contribution is 5.73. The van der Waals surface area contributed by atoms with Crippen molar-refractivity contribution in [2.75, 3.05) is 0 Å². The van der Waals surface area contributed by atoms with Gasteiger partial charge in [0.15, 0.2) is 0 Å². The van der Waals surface area contributed by atoms with E-state index in [2.05, 4.69) is 15.7 Å². The Morgan fingerprint density at radius 1 is 1.50 bits per heavy atom. The first-order chi connectivity index (χ1) is 6.47. The topological polar surface area (TPSA) is 109 Å². The Kier molecular flexibility index (Phi) is 4.98. The maximum atomic E-state index is 10.6. The van der Waals surface area contributed by atoms with Gasteiger partial charge in [0.05, 0.1) is 0 Å². The number of hydrogen-bond donors (Lipinski definition) is 3. The summed E-state index contributed by atoms with van der Waals surface area (Å²) in [7, 11) is 0. The number of amides is 1. The van der Waals surface area contributed by atoms with Gasteiger partial charge in [0.1, 0.15) is 0 Å². The largest absolute Gasteiger partial charge is 0.370 e. The summed E-state index contributed by atoms with van der Waals surface area (Å²) in [6.07, 6.45) is 1.82. The van der Waals surface area contributed by atoms with E-state index >= 15 is 0 Å². The Bertz CT molecular complexity index is 405. The molecule has 0 aromatic carbocycles. The molecule has 6 heteroatoms. The van der Waals surface area contributed by atoms with Crippen LogP contribution in [0.25, 0.3) is 0 Å². The van der Waals surface area contributed by atoms with Crippen molar-refractivity contribution in [3.8, 4) is 0 Å². The van der Waals surface area contributed by atoms with Crippen molar-refractivity contribution < 1.29 is 4.79 Å². The van der Waals surface area contributed by atoms with Crippen LogP contribution in [0.15, 0.2) is 15.8 Å². The molecule has 4 N–H and O–H groups in total. The number of aromatic amines is 2. The normalized spacial score (nSPS) is 8.71. The number of nitrogens with one attached hydrogen (secondary N) is 2. The van der Waals surface area contributed by atoms with Gasteiger partial charge in [0.2, 0.25) is 5.91 Å².